The van der Waals surface area contributed by atoms with Crippen LogP contribution in [0.1, 0.15) is 86.9 Å². The standard InChI is InChI=1S/C27H34N4O3.BrH/c1-15(25(29)34)10-18-9-8-16-13-31(24(28)22(16)30-18)14-21(32)17-11-19(26(2,3)4)23(33)20(12-17)27(5,6)7;/h8-12,28,33H,13-14H2,1-7H3,(H2,29,34);1H/b15-10+,28-24?;. The van der Waals surface area contributed by atoms with Crippen molar-refractivity contribution in [2.75, 3.05) is 6.54 Å². The molecule has 3 rings (SSSR count). The number of amidine groups is 1. The second-order valence-corrected chi connectivity index (χ2v) is 11.0. The normalized spacial score (nSPS) is 14.0. The number of phenols is 1. The lowest BCUT2D eigenvalue weighted by Gasteiger charge is -2.28. The number of rotatable bonds is 5. The Balaban J connectivity index is 0.00000432. The molecule has 4 N–H and O–H groups in total. The second kappa shape index (κ2) is 9.93. The quantitative estimate of drug-likeness (QED) is 0.367. The minimum Gasteiger partial charge on any atom is -0.507 e. The molecule has 0 radical (unpaired) electrons. The van der Waals surface area contributed by atoms with Gasteiger partial charge in [-0.2, -0.15) is 0 Å². The molecule has 1 amide bonds. The number of nitrogens with zero attached hydrogens (tertiary/aromatic N) is 2. The van der Waals surface area contributed by atoms with E-state index in [1.807, 2.05) is 47.6 Å². The van der Waals surface area contributed by atoms with Crippen LogP contribution in [-0.2, 0) is 22.2 Å². The minimum absolute atomic E-state index is 0. The number of nitrogens with one attached hydrogen (secondary N) is 1. The van der Waals surface area contributed by atoms with Crippen LogP contribution in [0.5, 0.6) is 5.75 Å². The molecule has 2 heterocycles. The van der Waals surface area contributed by atoms with Crippen LogP contribution in [-0.4, -0.2) is 39.1 Å². The summed E-state index contributed by atoms with van der Waals surface area (Å²) in [5.41, 5.74) is 8.86. The molecule has 1 aromatic carbocycles. The van der Waals surface area contributed by atoms with Crippen LogP contribution in [0.2, 0.25) is 0 Å². The van der Waals surface area contributed by atoms with Gasteiger partial charge in [-0.3, -0.25) is 15.0 Å². The van der Waals surface area contributed by atoms with Gasteiger partial charge in [-0.15, -0.1) is 17.0 Å². The van der Waals surface area contributed by atoms with Gasteiger partial charge in [0.05, 0.1) is 12.2 Å². The number of primary amides is 1. The third-order valence-corrected chi connectivity index (χ3v) is 6.04. The second-order valence-electron chi connectivity index (χ2n) is 11.0. The fourth-order valence-corrected chi connectivity index (χ4v) is 3.98. The Hall–Kier alpha value is -3.00. The highest BCUT2D eigenvalue weighted by atomic mass is 79.9. The molecule has 0 atom stereocenters. The molecular weight excluding hydrogens is 508 g/mol. The molecule has 188 valence electrons. The number of aromatic hydroxyl groups is 1. The summed E-state index contributed by atoms with van der Waals surface area (Å²) in [6.45, 7) is 14.1. The molecule has 2 aromatic rings. The zero-order valence-corrected chi connectivity index (χ0v) is 23.2. The fraction of sp³-hybridized carbons (Fsp3) is 0.407. The molecule has 7 nitrogen and oxygen atoms in total. The van der Waals surface area contributed by atoms with E-state index in [2.05, 4.69) is 4.98 Å². The lowest BCUT2D eigenvalue weighted by atomic mass is 9.78. The summed E-state index contributed by atoms with van der Waals surface area (Å²) in [6.07, 6.45) is 1.59. The van der Waals surface area contributed by atoms with Gasteiger partial charge in [-0.1, -0.05) is 47.6 Å². The van der Waals surface area contributed by atoms with Crippen LogP contribution in [0, 0.1) is 5.41 Å². The first kappa shape index (κ1) is 28.2. The molecule has 0 bridgehead atoms. The van der Waals surface area contributed by atoms with Crippen molar-refractivity contribution in [3.05, 3.63) is 63.5 Å². The number of hydrogen-bond donors (Lipinski definition) is 3. The molecular formula is C27H35BrN4O3. The average molecular weight is 544 g/mol. The van der Waals surface area contributed by atoms with Crippen molar-refractivity contribution in [3.8, 4) is 5.75 Å². The molecule has 0 saturated carbocycles. The first-order chi connectivity index (χ1) is 15.6. The number of hydrogen-bond acceptors (Lipinski definition) is 5. The Bertz CT molecular complexity index is 1180. The van der Waals surface area contributed by atoms with Gasteiger partial charge in [0.25, 0.3) is 0 Å². The molecule has 0 aliphatic carbocycles. The van der Waals surface area contributed by atoms with Crippen LogP contribution < -0.4 is 5.73 Å². The number of halogens is 1. The Morgan fingerprint density at radius 1 is 1.11 bits per heavy atom. The average Bonchev–Trinajstić information content (AvgIpc) is 3.01. The van der Waals surface area contributed by atoms with Crippen LogP contribution in [0.25, 0.3) is 6.08 Å². The summed E-state index contributed by atoms with van der Waals surface area (Å²) in [7, 11) is 0. The highest BCUT2D eigenvalue weighted by Gasteiger charge is 2.31. The number of phenolic OH excluding ortho intramolecular Hbond substituents is 1. The number of pyridine rings is 1. The molecule has 0 spiro atoms. The van der Waals surface area contributed by atoms with Gasteiger partial charge in [-0.05, 0) is 42.0 Å². The van der Waals surface area contributed by atoms with E-state index in [9.17, 15) is 14.7 Å². The van der Waals surface area contributed by atoms with Crippen LogP contribution in [0.4, 0.5) is 0 Å². The van der Waals surface area contributed by atoms with Gasteiger partial charge in [0.1, 0.15) is 17.3 Å². The van der Waals surface area contributed by atoms with E-state index in [4.69, 9.17) is 11.1 Å². The summed E-state index contributed by atoms with van der Waals surface area (Å²) < 4.78 is 0. The predicted molar refractivity (Wildman–Crippen MR) is 144 cm³/mol. The predicted octanol–water partition coefficient (Wildman–Crippen LogP) is 4.87. The van der Waals surface area contributed by atoms with Gasteiger partial charge in [0.2, 0.25) is 5.91 Å². The summed E-state index contributed by atoms with van der Waals surface area (Å²) in [5, 5.41) is 19.5. The summed E-state index contributed by atoms with van der Waals surface area (Å²) in [4.78, 5) is 30.9. The van der Waals surface area contributed by atoms with Gasteiger partial charge < -0.3 is 15.7 Å². The Labute approximate surface area is 217 Å². The zero-order valence-electron chi connectivity index (χ0n) is 21.4. The van der Waals surface area contributed by atoms with Crippen molar-refractivity contribution in [2.45, 2.75) is 65.8 Å². The number of carbonyl (C=O) groups is 2. The number of ketones is 1. The van der Waals surface area contributed by atoms with E-state index in [1.165, 1.54) is 0 Å². The van der Waals surface area contributed by atoms with E-state index >= 15 is 0 Å². The minimum atomic E-state index is -0.525. The first-order valence-corrected chi connectivity index (χ1v) is 11.3. The van der Waals surface area contributed by atoms with Crippen LogP contribution in [0.3, 0.4) is 0 Å². The molecule has 8 heteroatoms. The maximum absolute atomic E-state index is 13.4. The lowest BCUT2D eigenvalue weighted by Crippen LogP contribution is -2.31. The summed E-state index contributed by atoms with van der Waals surface area (Å²) in [5.74, 6) is -0.254. The fourth-order valence-electron chi connectivity index (χ4n) is 3.98. The zero-order chi connectivity index (χ0) is 25.6. The number of aromatic nitrogens is 1. The Kier molecular flexibility index (Phi) is 8.01. The van der Waals surface area contributed by atoms with Crippen LogP contribution >= 0.6 is 17.0 Å². The number of nitrogens with two attached hydrogens (primary N) is 1. The molecule has 1 aromatic heterocycles. The molecule has 35 heavy (non-hydrogen) atoms. The van der Waals surface area contributed by atoms with Crippen molar-refractivity contribution in [3.63, 3.8) is 0 Å². The van der Waals surface area contributed by atoms with Crippen molar-refractivity contribution < 1.29 is 14.7 Å². The van der Waals surface area contributed by atoms with Crippen molar-refractivity contribution in [1.29, 1.82) is 5.41 Å². The third-order valence-electron chi connectivity index (χ3n) is 6.04. The lowest BCUT2D eigenvalue weighted by molar-refractivity contribution is -0.114. The van der Waals surface area contributed by atoms with Gasteiger partial charge in [0.15, 0.2) is 5.78 Å². The first-order valence-electron chi connectivity index (χ1n) is 11.3. The van der Waals surface area contributed by atoms with Crippen molar-refractivity contribution in [1.82, 2.24) is 9.88 Å². The maximum Gasteiger partial charge on any atom is 0.244 e. The van der Waals surface area contributed by atoms with Gasteiger partial charge >= 0.3 is 0 Å². The number of carbonyl (C=O) groups excluding carboxylic acids is 2. The van der Waals surface area contributed by atoms with Crippen LogP contribution in [0.15, 0.2) is 29.8 Å². The summed E-state index contributed by atoms with van der Waals surface area (Å²) >= 11 is 0. The highest BCUT2D eigenvalue weighted by Crippen LogP contribution is 2.40. The Morgan fingerprint density at radius 3 is 2.14 bits per heavy atom. The molecule has 0 unspecified atom stereocenters. The molecule has 0 fully saturated rings. The largest absolute Gasteiger partial charge is 0.507 e. The smallest absolute Gasteiger partial charge is 0.244 e. The van der Waals surface area contributed by atoms with Crippen molar-refractivity contribution in [2.24, 2.45) is 5.73 Å². The van der Waals surface area contributed by atoms with E-state index in [0.717, 1.165) is 16.7 Å². The van der Waals surface area contributed by atoms with E-state index < -0.39 is 5.91 Å². The van der Waals surface area contributed by atoms with E-state index in [-0.39, 0.29) is 51.7 Å². The number of Topliss-reactive ketones (excluding diaryl/α,β-unsaturated/α-hetero) is 1. The number of benzene rings is 1. The number of amides is 1. The van der Waals surface area contributed by atoms with Gasteiger partial charge in [0, 0.05) is 34.4 Å². The van der Waals surface area contributed by atoms with E-state index in [0.29, 0.717) is 29.1 Å². The maximum atomic E-state index is 13.4. The Morgan fingerprint density at radius 2 is 1.66 bits per heavy atom. The topological polar surface area (TPSA) is 120 Å². The number of fused-ring (bicyclic) bond motifs is 1. The monoisotopic (exact) mass is 542 g/mol. The molecule has 1 aliphatic rings. The van der Waals surface area contributed by atoms with E-state index in [1.54, 1.807) is 36.1 Å². The third kappa shape index (κ3) is 5.99. The van der Waals surface area contributed by atoms with Gasteiger partial charge in [-0.25, -0.2) is 4.98 Å². The summed E-state index contributed by atoms with van der Waals surface area (Å²) in [6, 6.07) is 7.17. The highest BCUT2D eigenvalue weighted by molar-refractivity contribution is 8.93. The van der Waals surface area contributed by atoms with Crippen molar-refractivity contribution >= 4 is 40.6 Å². The SMILES string of the molecule is Br.C/C(=C\c1ccc2c(n1)C(=N)N(CC(=O)c1cc(C(C)(C)C)c(O)c(C(C)(C)C)c1)C2)C(N)=O. The molecule has 0 saturated heterocycles. The molecule has 1 aliphatic heterocycles.